The number of ether oxygens (including phenoxy) is 2. The van der Waals surface area contributed by atoms with E-state index < -0.39 is 0 Å². The normalized spacial score (nSPS) is 10.2. The molecule has 1 aromatic heterocycles. The van der Waals surface area contributed by atoms with Gasteiger partial charge in [-0.2, -0.15) is 0 Å². The van der Waals surface area contributed by atoms with Crippen LogP contribution in [0.25, 0.3) is 10.4 Å². The highest BCUT2D eigenvalue weighted by Crippen LogP contribution is 2.40. The third-order valence-electron chi connectivity index (χ3n) is 2.32. The molecule has 0 radical (unpaired) electrons. The highest BCUT2D eigenvalue weighted by molar-refractivity contribution is 7.19. The van der Waals surface area contributed by atoms with E-state index in [0.717, 1.165) is 16.2 Å². The number of methoxy groups -OCH3 is 2. The van der Waals surface area contributed by atoms with E-state index in [9.17, 15) is 0 Å². The van der Waals surface area contributed by atoms with E-state index in [-0.39, 0.29) is 0 Å². The van der Waals surface area contributed by atoms with Crippen molar-refractivity contribution < 1.29 is 9.47 Å². The number of hydrogen-bond donors (Lipinski definition) is 2. The number of benzene rings is 1. The molecule has 90 valence electrons. The Kier molecular flexibility index (Phi) is 3.06. The molecule has 0 aliphatic heterocycles. The van der Waals surface area contributed by atoms with Crippen molar-refractivity contribution in [3.05, 3.63) is 18.2 Å². The lowest BCUT2D eigenvalue weighted by Crippen LogP contribution is -1.92. The molecule has 0 unspecified atom stereocenters. The third-order valence-corrected chi connectivity index (χ3v) is 3.25. The van der Waals surface area contributed by atoms with Crippen LogP contribution < -0.4 is 20.9 Å². The van der Waals surface area contributed by atoms with Crippen LogP contribution in [0, 0.1) is 0 Å². The Morgan fingerprint density at radius 2 is 1.94 bits per heavy atom. The van der Waals surface area contributed by atoms with E-state index >= 15 is 0 Å². The van der Waals surface area contributed by atoms with Gasteiger partial charge in [-0.25, -0.2) is 4.98 Å². The maximum atomic E-state index is 5.81. The minimum absolute atomic E-state index is 0.402. The van der Waals surface area contributed by atoms with Crippen molar-refractivity contribution in [2.24, 2.45) is 0 Å². The minimum Gasteiger partial charge on any atom is -0.497 e. The van der Waals surface area contributed by atoms with Gasteiger partial charge in [-0.3, -0.25) is 0 Å². The molecule has 0 atom stereocenters. The number of anilines is 2. The van der Waals surface area contributed by atoms with Crippen LogP contribution in [0.5, 0.6) is 11.5 Å². The summed E-state index contributed by atoms with van der Waals surface area (Å²) in [5.41, 5.74) is 12.3. The summed E-state index contributed by atoms with van der Waals surface area (Å²) in [6, 6.07) is 5.49. The van der Waals surface area contributed by atoms with E-state index in [2.05, 4.69) is 4.98 Å². The molecule has 17 heavy (non-hydrogen) atoms. The molecule has 0 aliphatic rings. The first kappa shape index (κ1) is 11.5. The van der Waals surface area contributed by atoms with Crippen molar-refractivity contribution in [3.63, 3.8) is 0 Å². The number of nitrogens with two attached hydrogens (primary N) is 2. The van der Waals surface area contributed by atoms with E-state index in [0.29, 0.717) is 16.7 Å². The van der Waals surface area contributed by atoms with Crippen LogP contribution in [0.4, 0.5) is 10.9 Å². The first-order valence-electron chi connectivity index (χ1n) is 4.90. The zero-order chi connectivity index (χ0) is 12.4. The molecule has 0 saturated heterocycles. The molecule has 0 spiro atoms. The molecule has 0 bridgehead atoms. The van der Waals surface area contributed by atoms with Crippen LogP contribution in [0.15, 0.2) is 18.2 Å². The van der Waals surface area contributed by atoms with E-state index in [4.69, 9.17) is 20.9 Å². The molecule has 0 amide bonds. The molecule has 6 heteroatoms. The monoisotopic (exact) mass is 251 g/mol. The molecular formula is C11H13N3O2S. The van der Waals surface area contributed by atoms with Gasteiger partial charge in [-0.1, -0.05) is 11.3 Å². The topological polar surface area (TPSA) is 83.4 Å². The summed E-state index contributed by atoms with van der Waals surface area (Å²) < 4.78 is 10.5. The quantitative estimate of drug-likeness (QED) is 0.871. The van der Waals surface area contributed by atoms with Gasteiger partial charge in [0.2, 0.25) is 0 Å². The molecule has 4 N–H and O–H groups in total. The SMILES string of the molecule is COc1ccc(OC)c(-c2sc(N)nc2N)c1. The third kappa shape index (κ3) is 2.12. The fourth-order valence-electron chi connectivity index (χ4n) is 1.53. The van der Waals surface area contributed by atoms with Gasteiger partial charge in [0.25, 0.3) is 0 Å². The fourth-order valence-corrected chi connectivity index (χ4v) is 2.31. The van der Waals surface area contributed by atoms with Crippen molar-refractivity contribution in [2.75, 3.05) is 25.7 Å². The highest BCUT2D eigenvalue weighted by Gasteiger charge is 2.14. The number of rotatable bonds is 3. The zero-order valence-corrected chi connectivity index (χ0v) is 10.4. The van der Waals surface area contributed by atoms with Crippen LogP contribution in [0.2, 0.25) is 0 Å². The Labute approximate surface area is 103 Å². The van der Waals surface area contributed by atoms with Crippen molar-refractivity contribution in [2.45, 2.75) is 0 Å². The average molecular weight is 251 g/mol. The Bertz CT molecular complexity index is 540. The summed E-state index contributed by atoms with van der Waals surface area (Å²) in [5.74, 6) is 1.84. The average Bonchev–Trinajstić information content (AvgIpc) is 2.67. The second kappa shape index (κ2) is 4.50. The molecule has 5 nitrogen and oxygen atoms in total. The van der Waals surface area contributed by atoms with Crippen LogP contribution in [0.3, 0.4) is 0 Å². The van der Waals surface area contributed by atoms with Crippen molar-refractivity contribution in [3.8, 4) is 21.9 Å². The van der Waals surface area contributed by atoms with Gasteiger partial charge in [0, 0.05) is 5.56 Å². The van der Waals surface area contributed by atoms with Gasteiger partial charge in [-0.15, -0.1) is 0 Å². The predicted octanol–water partition coefficient (Wildman–Crippen LogP) is 1.99. The predicted molar refractivity (Wildman–Crippen MR) is 69.5 cm³/mol. The van der Waals surface area contributed by atoms with Crippen molar-refractivity contribution >= 4 is 22.3 Å². The summed E-state index contributed by atoms with van der Waals surface area (Å²) >= 11 is 1.32. The largest absolute Gasteiger partial charge is 0.497 e. The number of aromatic nitrogens is 1. The molecule has 1 aromatic carbocycles. The summed E-state index contributed by atoms with van der Waals surface area (Å²) in [6.45, 7) is 0. The molecule has 1 heterocycles. The van der Waals surface area contributed by atoms with Crippen LogP contribution in [0.1, 0.15) is 0 Å². The standard InChI is InChI=1S/C11H13N3O2S/c1-15-6-3-4-8(16-2)7(5-6)9-10(12)14-11(13)17-9/h3-5H,12H2,1-2H3,(H2,13,14). The van der Waals surface area contributed by atoms with Crippen LogP contribution >= 0.6 is 11.3 Å². The summed E-state index contributed by atoms with van der Waals surface area (Å²) in [4.78, 5) is 4.79. The lowest BCUT2D eigenvalue weighted by molar-refractivity contribution is 0.404. The van der Waals surface area contributed by atoms with Gasteiger partial charge in [-0.05, 0) is 18.2 Å². The molecule has 2 aromatic rings. The molecule has 0 saturated carbocycles. The Balaban J connectivity index is 2.59. The van der Waals surface area contributed by atoms with Crippen LogP contribution in [-0.4, -0.2) is 19.2 Å². The Morgan fingerprint density at radius 1 is 1.18 bits per heavy atom. The van der Waals surface area contributed by atoms with Crippen molar-refractivity contribution in [1.82, 2.24) is 4.98 Å². The molecule has 2 rings (SSSR count). The maximum absolute atomic E-state index is 5.81. The summed E-state index contributed by atoms with van der Waals surface area (Å²) in [6.07, 6.45) is 0. The van der Waals surface area contributed by atoms with E-state index in [1.165, 1.54) is 11.3 Å². The van der Waals surface area contributed by atoms with Gasteiger partial charge >= 0.3 is 0 Å². The van der Waals surface area contributed by atoms with Gasteiger partial charge in [0.15, 0.2) is 5.13 Å². The van der Waals surface area contributed by atoms with E-state index in [1.54, 1.807) is 14.2 Å². The van der Waals surface area contributed by atoms with Gasteiger partial charge in [0.1, 0.15) is 17.3 Å². The highest BCUT2D eigenvalue weighted by atomic mass is 32.1. The summed E-state index contributed by atoms with van der Waals surface area (Å²) in [5, 5.41) is 0.433. The Hall–Kier alpha value is -1.95. The first-order valence-corrected chi connectivity index (χ1v) is 5.71. The molecule has 0 fully saturated rings. The minimum atomic E-state index is 0.402. The number of thiazole rings is 1. The maximum Gasteiger partial charge on any atom is 0.182 e. The zero-order valence-electron chi connectivity index (χ0n) is 9.56. The fraction of sp³-hybridized carbons (Fsp3) is 0.182. The lowest BCUT2D eigenvalue weighted by atomic mass is 10.1. The smallest absolute Gasteiger partial charge is 0.182 e. The number of nitrogens with zero attached hydrogens (tertiary/aromatic N) is 1. The molecule has 0 aliphatic carbocycles. The van der Waals surface area contributed by atoms with Gasteiger partial charge < -0.3 is 20.9 Å². The second-order valence-corrected chi connectivity index (χ2v) is 4.36. The van der Waals surface area contributed by atoms with E-state index in [1.807, 2.05) is 18.2 Å². The van der Waals surface area contributed by atoms with Crippen molar-refractivity contribution in [1.29, 1.82) is 0 Å². The summed E-state index contributed by atoms with van der Waals surface area (Å²) in [7, 11) is 3.21. The number of nitrogen functional groups attached to an aromatic ring is 2. The second-order valence-electron chi connectivity index (χ2n) is 3.33. The van der Waals surface area contributed by atoms with Crippen LogP contribution in [-0.2, 0) is 0 Å². The molecular weight excluding hydrogens is 238 g/mol. The van der Waals surface area contributed by atoms with Gasteiger partial charge in [0.05, 0.1) is 19.1 Å². The number of hydrogen-bond acceptors (Lipinski definition) is 6. The lowest BCUT2D eigenvalue weighted by Gasteiger charge is -2.09. The first-order chi connectivity index (χ1) is 8.15. The Morgan fingerprint density at radius 3 is 2.47 bits per heavy atom.